The molecule has 0 saturated carbocycles. The molecular formula is C24H28BrClN6O6. The lowest BCUT2D eigenvalue weighted by Crippen LogP contribution is -2.42. The van der Waals surface area contributed by atoms with Gasteiger partial charge in [-0.05, 0) is 41.1 Å². The van der Waals surface area contributed by atoms with Gasteiger partial charge in [0.15, 0.2) is 5.96 Å². The molecule has 0 saturated heterocycles. The number of hydrogen-bond donors (Lipinski definition) is 5. The second-order valence-corrected chi connectivity index (χ2v) is 9.72. The van der Waals surface area contributed by atoms with Gasteiger partial charge in [-0.25, -0.2) is 0 Å². The smallest absolute Gasteiger partial charge is 0.308 e. The lowest BCUT2D eigenvalue weighted by molar-refractivity contribution is -0.143. The standard InChI is InChI=1S/C24H28BrClN6O6/c1-3-38-21(35)7-19(17-5-14(26)6-18(25)22(17)36)31-20(34)12-32(2)23(37)13-4-15(9-27-8-13)30-24-28-10-16(33)11-29-24/h4-6,8-9,16,19,33,36H,3,7,10-12H2,1-2H3,(H,31,34)(H2,28,29,30)/t19-/m1/s1. The maximum atomic E-state index is 13.0. The number of benzene rings is 1. The van der Waals surface area contributed by atoms with Gasteiger partial charge in [0.05, 0.1) is 60.2 Å². The molecule has 1 aliphatic heterocycles. The summed E-state index contributed by atoms with van der Waals surface area (Å²) in [4.78, 5) is 47.5. The number of aromatic hydroxyl groups is 1. The third-order valence-corrected chi connectivity index (χ3v) is 6.21. The van der Waals surface area contributed by atoms with Crippen molar-refractivity contribution in [3.63, 3.8) is 0 Å². The van der Waals surface area contributed by atoms with Gasteiger partial charge in [0.25, 0.3) is 5.91 Å². The van der Waals surface area contributed by atoms with Crippen LogP contribution in [-0.2, 0) is 14.3 Å². The van der Waals surface area contributed by atoms with E-state index < -0.39 is 29.9 Å². The van der Waals surface area contributed by atoms with E-state index in [1.807, 2.05) is 0 Å². The van der Waals surface area contributed by atoms with Crippen molar-refractivity contribution in [1.29, 1.82) is 0 Å². The molecule has 1 aliphatic rings. The number of esters is 1. The zero-order valence-corrected chi connectivity index (χ0v) is 23.0. The molecule has 204 valence electrons. The SMILES string of the molecule is CCOC(=O)C[C@@H](NC(=O)CN(C)C(=O)c1cncc(NC2=NCC(O)CN2)c1)c1cc(Cl)cc(Br)c1O. The molecule has 1 aromatic carbocycles. The number of guanidine groups is 1. The highest BCUT2D eigenvalue weighted by Crippen LogP contribution is 2.36. The topological polar surface area (TPSA) is 165 Å². The third-order valence-electron chi connectivity index (χ3n) is 5.39. The van der Waals surface area contributed by atoms with Gasteiger partial charge in [0.2, 0.25) is 5.91 Å². The van der Waals surface area contributed by atoms with Crippen molar-refractivity contribution < 1.29 is 29.3 Å². The first-order valence-electron chi connectivity index (χ1n) is 11.6. The average Bonchev–Trinajstić information content (AvgIpc) is 2.87. The van der Waals surface area contributed by atoms with Gasteiger partial charge in [0.1, 0.15) is 5.75 Å². The average molecular weight is 612 g/mol. The van der Waals surface area contributed by atoms with Crippen molar-refractivity contribution in [3.05, 3.63) is 51.2 Å². The second kappa shape index (κ2) is 13.4. The van der Waals surface area contributed by atoms with Crippen LogP contribution >= 0.6 is 27.5 Å². The minimum atomic E-state index is -0.962. The number of nitrogens with zero attached hydrogens (tertiary/aromatic N) is 3. The number of aliphatic hydroxyl groups excluding tert-OH is 1. The van der Waals surface area contributed by atoms with Gasteiger partial charge >= 0.3 is 5.97 Å². The number of aliphatic hydroxyl groups is 1. The summed E-state index contributed by atoms with van der Waals surface area (Å²) in [5, 5.41) is 28.9. The first-order chi connectivity index (χ1) is 18.1. The number of phenols is 1. The van der Waals surface area contributed by atoms with Crippen molar-refractivity contribution in [2.75, 3.05) is 38.6 Å². The predicted octanol–water partition coefficient (Wildman–Crippen LogP) is 1.82. The molecule has 1 aromatic heterocycles. The number of carbonyl (C=O) groups excluding carboxylic acids is 3. The van der Waals surface area contributed by atoms with E-state index in [2.05, 4.69) is 41.9 Å². The van der Waals surface area contributed by atoms with Crippen molar-refractivity contribution in [2.24, 2.45) is 4.99 Å². The highest BCUT2D eigenvalue weighted by molar-refractivity contribution is 9.10. The summed E-state index contributed by atoms with van der Waals surface area (Å²) in [6, 6.07) is 3.52. The number of pyridine rings is 1. The van der Waals surface area contributed by atoms with E-state index in [1.165, 1.54) is 36.5 Å². The number of β-amino-alcohol motifs (C(OH)–C–C–N with tert-alkyl or cyclic N) is 1. The quantitative estimate of drug-likeness (QED) is 0.266. The largest absolute Gasteiger partial charge is 0.506 e. The van der Waals surface area contributed by atoms with Crippen LogP contribution in [0.15, 0.2) is 40.1 Å². The molecule has 3 rings (SSSR count). The number of rotatable bonds is 9. The first-order valence-corrected chi connectivity index (χ1v) is 12.8. The number of nitrogens with one attached hydrogen (secondary N) is 3. The highest BCUT2D eigenvalue weighted by atomic mass is 79.9. The van der Waals surface area contributed by atoms with Crippen molar-refractivity contribution in [1.82, 2.24) is 20.5 Å². The number of halogens is 2. The van der Waals surface area contributed by atoms with E-state index in [0.29, 0.717) is 22.7 Å². The Labute approximate surface area is 232 Å². The fraction of sp³-hybridized carbons (Fsp3) is 0.375. The number of aliphatic imine (C=N–C) groups is 1. The van der Waals surface area contributed by atoms with Gasteiger partial charge in [-0.1, -0.05) is 11.6 Å². The maximum Gasteiger partial charge on any atom is 0.308 e. The number of phenolic OH excluding ortho intramolecular Hbond substituents is 1. The Morgan fingerprint density at radius 3 is 2.76 bits per heavy atom. The number of likely N-dealkylation sites (N-methyl/N-ethyl adjacent to an activating group) is 1. The number of carbonyl (C=O) groups is 3. The molecular weight excluding hydrogens is 584 g/mol. The molecule has 5 N–H and O–H groups in total. The van der Waals surface area contributed by atoms with Gasteiger partial charge in [-0.2, -0.15) is 0 Å². The van der Waals surface area contributed by atoms with Crippen LogP contribution in [0.25, 0.3) is 0 Å². The van der Waals surface area contributed by atoms with E-state index in [-0.39, 0.29) is 48.0 Å². The maximum absolute atomic E-state index is 13.0. The summed E-state index contributed by atoms with van der Waals surface area (Å²) in [6.45, 7) is 2.05. The van der Waals surface area contributed by atoms with Crippen LogP contribution in [0, 0.1) is 0 Å². The molecule has 0 radical (unpaired) electrons. The third kappa shape index (κ3) is 8.04. The number of aromatic nitrogens is 1. The van der Waals surface area contributed by atoms with Crippen LogP contribution in [0.4, 0.5) is 5.69 Å². The zero-order chi connectivity index (χ0) is 27.8. The highest BCUT2D eigenvalue weighted by Gasteiger charge is 2.25. The molecule has 2 atom stereocenters. The Hall–Kier alpha value is -3.42. The van der Waals surface area contributed by atoms with E-state index in [4.69, 9.17) is 16.3 Å². The number of amides is 2. The molecule has 1 unspecified atom stereocenters. The summed E-state index contributed by atoms with van der Waals surface area (Å²) in [7, 11) is 1.45. The molecule has 0 bridgehead atoms. The fourth-order valence-electron chi connectivity index (χ4n) is 3.60. The molecule has 2 heterocycles. The molecule has 14 heteroatoms. The Kier molecular flexibility index (Phi) is 10.3. The molecule has 38 heavy (non-hydrogen) atoms. The Morgan fingerprint density at radius 1 is 1.32 bits per heavy atom. The van der Waals surface area contributed by atoms with Crippen LogP contribution in [-0.4, -0.2) is 83.2 Å². The molecule has 12 nitrogen and oxygen atoms in total. The Balaban J connectivity index is 1.69. The predicted molar refractivity (Wildman–Crippen MR) is 144 cm³/mol. The van der Waals surface area contributed by atoms with E-state index >= 15 is 0 Å². The van der Waals surface area contributed by atoms with Crippen molar-refractivity contribution in [3.8, 4) is 5.75 Å². The van der Waals surface area contributed by atoms with Gasteiger partial charge in [0, 0.05) is 30.4 Å². The van der Waals surface area contributed by atoms with Crippen LogP contribution in [0.3, 0.4) is 0 Å². The second-order valence-electron chi connectivity index (χ2n) is 8.43. The molecule has 2 amide bonds. The van der Waals surface area contributed by atoms with Crippen LogP contribution in [0.2, 0.25) is 5.02 Å². The summed E-state index contributed by atoms with van der Waals surface area (Å²) < 4.78 is 5.30. The lowest BCUT2D eigenvalue weighted by Gasteiger charge is -2.23. The molecule has 0 spiro atoms. The van der Waals surface area contributed by atoms with Crippen molar-refractivity contribution >= 4 is 57.0 Å². The van der Waals surface area contributed by atoms with E-state index in [1.54, 1.807) is 13.0 Å². The van der Waals surface area contributed by atoms with Gasteiger partial charge < -0.3 is 35.8 Å². The van der Waals surface area contributed by atoms with Crippen LogP contribution in [0.1, 0.15) is 35.3 Å². The monoisotopic (exact) mass is 610 g/mol. The van der Waals surface area contributed by atoms with Crippen LogP contribution in [0.5, 0.6) is 5.75 Å². The minimum Gasteiger partial charge on any atom is -0.506 e. The number of anilines is 1. The normalized spacial score (nSPS) is 15.5. The van der Waals surface area contributed by atoms with Crippen LogP contribution < -0.4 is 16.0 Å². The first kappa shape index (κ1) is 29.1. The number of ether oxygens (including phenoxy) is 1. The van der Waals surface area contributed by atoms with Gasteiger partial charge in [-0.15, -0.1) is 0 Å². The molecule has 2 aromatic rings. The molecule has 0 aliphatic carbocycles. The van der Waals surface area contributed by atoms with E-state index in [0.717, 1.165) is 0 Å². The van der Waals surface area contributed by atoms with E-state index in [9.17, 15) is 24.6 Å². The summed E-state index contributed by atoms with van der Waals surface area (Å²) >= 11 is 9.32. The summed E-state index contributed by atoms with van der Waals surface area (Å²) in [6.07, 6.45) is 2.05. The molecule has 0 fully saturated rings. The zero-order valence-electron chi connectivity index (χ0n) is 20.7. The number of hydrogen-bond acceptors (Lipinski definition) is 10. The Morgan fingerprint density at radius 2 is 2.08 bits per heavy atom. The summed E-state index contributed by atoms with van der Waals surface area (Å²) in [5.74, 6) is -1.37. The summed E-state index contributed by atoms with van der Waals surface area (Å²) in [5.41, 5.74) is 0.934. The lowest BCUT2D eigenvalue weighted by atomic mass is 10.0. The van der Waals surface area contributed by atoms with Gasteiger partial charge in [-0.3, -0.25) is 24.4 Å². The fourth-order valence-corrected chi connectivity index (χ4v) is 4.44. The van der Waals surface area contributed by atoms with Crippen molar-refractivity contribution in [2.45, 2.75) is 25.5 Å². The minimum absolute atomic E-state index is 0.148. The Bertz CT molecular complexity index is 1230.